The Bertz CT molecular complexity index is 274. The number of halogens is 2. The first-order chi connectivity index (χ1) is 8.04. The van der Waals surface area contributed by atoms with Gasteiger partial charge in [-0.3, -0.25) is 4.79 Å². The normalized spacial score (nSPS) is 31.9. The standard InChI is InChI=1S/C12H20F2N2O/c1-16(7-11(13)14)12(17)6-8-4-9-2-3-10(5-8)15-9/h8-11,15H,2-7H2,1H3. The van der Waals surface area contributed by atoms with Gasteiger partial charge in [0.15, 0.2) is 0 Å². The Kier molecular flexibility index (Phi) is 3.97. The second-order valence-corrected chi connectivity index (χ2v) is 5.34. The first kappa shape index (κ1) is 12.7. The number of hydrogen-bond acceptors (Lipinski definition) is 2. The number of amides is 1. The zero-order valence-electron chi connectivity index (χ0n) is 10.2. The Morgan fingerprint density at radius 2 is 1.94 bits per heavy atom. The summed E-state index contributed by atoms with van der Waals surface area (Å²) in [5, 5.41) is 3.51. The Hall–Kier alpha value is -0.710. The molecule has 2 aliphatic rings. The lowest BCUT2D eigenvalue weighted by molar-refractivity contribution is -0.132. The molecule has 2 rings (SSSR count). The Balaban J connectivity index is 1.78. The fraction of sp³-hybridized carbons (Fsp3) is 0.917. The van der Waals surface area contributed by atoms with E-state index >= 15 is 0 Å². The first-order valence-electron chi connectivity index (χ1n) is 6.32. The van der Waals surface area contributed by atoms with Crippen LogP contribution in [0.1, 0.15) is 32.1 Å². The molecule has 98 valence electrons. The van der Waals surface area contributed by atoms with Crippen LogP contribution >= 0.6 is 0 Å². The maximum absolute atomic E-state index is 12.2. The van der Waals surface area contributed by atoms with Gasteiger partial charge in [0.2, 0.25) is 5.91 Å². The Morgan fingerprint density at radius 1 is 1.35 bits per heavy atom. The largest absolute Gasteiger partial charge is 0.340 e. The van der Waals surface area contributed by atoms with E-state index in [1.165, 1.54) is 19.9 Å². The zero-order chi connectivity index (χ0) is 12.4. The van der Waals surface area contributed by atoms with Gasteiger partial charge in [0.1, 0.15) is 0 Å². The molecule has 0 radical (unpaired) electrons. The van der Waals surface area contributed by atoms with Crippen LogP contribution in [0.4, 0.5) is 8.78 Å². The molecule has 0 aliphatic carbocycles. The lowest BCUT2D eigenvalue weighted by Crippen LogP contribution is -2.40. The van der Waals surface area contributed by atoms with Gasteiger partial charge < -0.3 is 10.2 Å². The maximum atomic E-state index is 12.2. The van der Waals surface area contributed by atoms with Crippen molar-refractivity contribution in [1.29, 1.82) is 0 Å². The van der Waals surface area contributed by atoms with Crippen molar-refractivity contribution in [2.45, 2.75) is 50.6 Å². The van der Waals surface area contributed by atoms with Gasteiger partial charge in [-0.1, -0.05) is 0 Å². The van der Waals surface area contributed by atoms with E-state index in [4.69, 9.17) is 0 Å². The summed E-state index contributed by atoms with van der Waals surface area (Å²) in [4.78, 5) is 12.9. The number of hydrogen-bond donors (Lipinski definition) is 1. The molecule has 2 unspecified atom stereocenters. The third-order valence-corrected chi connectivity index (χ3v) is 3.87. The average Bonchev–Trinajstić information content (AvgIpc) is 2.57. The van der Waals surface area contributed by atoms with Gasteiger partial charge in [-0.25, -0.2) is 8.78 Å². The molecule has 3 nitrogen and oxygen atoms in total. The highest BCUT2D eigenvalue weighted by molar-refractivity contribution is 5.76. The summed E-state index contributed by atoms with van der Waals surface area (Å²) >= 11 is 0. The van der Waals surface area contributed by atoms with Crippen molar-refractivity contribution in [2.24, 2.45) is 5.92 Å². The van der Waals surface area contributed by atoms with E-state index in [9.17, 15) is 13.6 Å². The average molecular weight is 246 g/mol. The maximum Gasteiger partial charge on any atom is 0.255 e. The molecule has 0 spiro atoms. The summed E-state index contributed by atoms with van der Waals surface area (Å²) in [5.41, 5.74) is 0. The van der Waals surface area contributed by atoms with Crippen molar-refractivity contribution in [3.05, 3.63) is 0 Å². The molecule has 17 heavy (non-hydrogen) atoms. The third-order valence-electron chi connectivity index (χ3n) is 3.87. The Labute approximate surface area is 101 Å². The third kappa shape index (κ3) is 3.37. The van der Waals surface area contributed by atoms with E-state index in [2.05, 4.69) is 5.32 Å². The summed E-state index contributed by atoms with van der Waals surface area (Å²) < 4.78 is 24.3. The van der Waals surface area contributed by atoms with Gasteiger partial charge in [-0.05, 0) is 31.6 Å². The number of alkyl halides is 2. The first-order valence-corrected chi connectivity index (χ1v) is 6.32. The van der Waals surface area contributed by atoms with E-state index in [1.807, 2.05) is 0 Å². The molecule has 2 bridgehead atoms. The number of nitrogens with one attached hydrogen (secondary N) is 1. The number of rotatable bonds is 4. The van der Waals surface area contributed by atoms with Gasteiger partial charge in [0, 0.05) is 25.6 Å². The predicted octanol–water partition coefficient (Wildman–Crippen LogP) is 1.63. The van der Waals surface area contributed by atoms with Crippen molar-refractivity contribution in [1.82, 2.24) is 10.2 Å². The molecule has 1 amide bonds. The number of piperidine rings is 1. The highest BCUT2D eigenvalue weighted by atomic mass is 19.3. The van der Waals surface area contributed by atoms with E-state index in [0.717, 1.165) is 17.7 Å². The summed E-state index contributed by atoms with van der Waals surface area (Å²) in [6.07, 6.45) is 2.42. The van der Waals surface area contributed by atoms with Gasteiger partial charge in [0.25, 0.3) is 6.43 Å². The molecule has 2 atom stereocenters. The molecular weight excluding hydrogens is 226 g/mol. The quantitative estimate of drug-likeness (QED) is 0.817. The van der Waals surface area contributed by atoms with Crippen LogP contribution in [0.15, 0.2) is 0 Å². The lowest BCUT2D eigenvalue weighted by Gasteiger charge is -2.29. The number of carbonyl (C=O) groups is 1. The minimum atomic E-state index is -2.44. The fourth-order valence-corrected chi connectivity index (χ4v) is 3.05. The monoisotopic (exact) mass is 246 g/mol. The summed E-state index contributed by atoms with van der Waals surface area (Å²) in [5.74, 6) is 0.234. The number of fused-ring (bicyclic) bond motifs is 2. The second kappa shape index (κ2) is 5.29. The summed E-state index contributed by atoms with van der Waals surface area (Å²) in [6.45, 7) is -0.448. The van der Waals surface area contributed by atoms with Crippen LogP contribution in [0.3, 0.4) is 0 Å². The van der Waals surface area contributed by atoms with E-state index in [-0.39, 0.29) is 5.91 Å². The van der Waals surface area contributed by atoms with Crippen LogP contribution in [0.5, 0.6) is 0 Å². The predicted molar refractivity (Wildman–Crippen MR) is 60.9 cm³/mol. The molecule has 0 aromatic carbocycles. The van der Waals surface area contributed by atoms with Crippen molar-refractivity contribution in [3.8, 4) is 0 Å². The van der Waals surface area contributed by atoms with Crippen LogP contribution in [0.25, 0.3) is 0 Å². The zero-order valence-corrected chi connectivity index (χ0v) is 10.2. The molecular formula is C12H20F2N2O. The molecule has 2 fully saturated rings. The van der Waals surface area contributed by atoms with Gasteiger partial charge in [0.05, 0.1) is 6.54 Å². The van der Waals surface area contributed by atoms with Crippen LogP contribution < -0.4 is 5.32 Å². The highest BCUT2D eigenvalue weighted by Gasteiger charge is 2.34. The van der Waals surface area contributed by atoms with E-state index < -0.39 is 13.0 Å². The lowest BCUT2D eigenvalue weighted by atomic mass is 9.89. The topological polar surface area (TPSA) is 32.3 Å². The minimum absolute atomic E-state index is 0.142. The second-order valence-electron chi connectivity index (χ2n) is 5.34. The molecule has 1 N–H and O–H groups in total. The van der Waals surface area contributed by atoms with Crippen molar-refractivity contribution in [2.75, 3.05) is 13.6 Å². The van der Waals surface area contributed by atoms with E-state index in [0.29, 0.717) is 24.4 Å². The SMILES string of the molecule is CN(CC(F)F)C(=O)CC1CC2CCC(C1)N2. The summed E-state index contributed by atoms with van der Waals surface area (Å²) in [7, 11) is 1.46. The molecule has 2 aliphatic heterocycles. The molecule has 0 aromatic heterocycles. The van der Waals surface area contributed by atoms with Crippen molar-refractivity contribution in [3.63, 3.8) is 0 Å². The van der Waals surface area contributed by atoms with Crippen molar-refractivity contribution < 1.29 is 13.6 Å². The van der Waals surface area contributed by atoms with Crippen LogP contribution in [0.2, 0.25) is 0 Å². The minimum Gasteiger partial charge on any atom is -0.340 e. The number of nitrogens with zero attached hydrogens (tertiary/aromatic N) is 1. The molecule has 5 heteroatoms. The van der Waals surface area contributed by atoms with Crippen LogP contribution in [0, 0.1) is 5.92 Å². The molecule has 2 saturated heterocycles. The van der Waals surface area contributed by atoms with Gasteiger partial charge >= 0.3 is 0 Å². The number of carbonyl (C=O) groups excluding carboxylic acids is 1. The Morgan fingerprint density at radius 3 is 2.47 bits per heavy atom. The smallest absolute Gasteiger partial charge is 0.255 e. The molecule has 0 saturated carbocycles. The van der Waals surface area contributed by atoms with E-state index in [1.54, 1.807) is 0 Å². The van der Waals surface area contributed by atoms with Gasteiger partial charge in [-0.2, -0.15) is 0 Å². The summed E-state index contributed by atoms with van der Waals surface area (Å²) in [6, 6.07) is 1.10. The molecule has 2 heterocycles. The molecule has 0 aromatic rings. The van der Waals surface area contributed by atoms with Crippen LogP contribution in [-0.4, -0.2) is 42.9 Å². The van der Waals surface area contributed by atoms with Gasteiger partial charge in [-0.15, -0.1) is 0 Å². The highest BCUT2D eigenvalue weighted by Crippen LogP contribution is 2.32. The van der Waals surface area contributed by atoms with Crippen molar-refractivity contribution >= 4 is 5.91 Å². The van der Waals surface area contributed by atoms with Crippen LogP contribution in [-0.2, 0) is 4.79 Å². The fourth-order valence-electron chi connectivity index (χ4n) is 3.05.